The Bertz CT molecular complexity index is 746. The fraction of sp³-hybridized carbons (Fsp3) is 0.533. The molecule has 0 spiro atoms. The lowest BCUT2D eigenvalue weighted by atomic mass is 10.2. The second-order valence-electron chi connectivity index (χ2n) is 5.69. The SMILES string of the molecule is CCNS(=O)(=O)C1CCN(C(=O)NCc2cc(F)ccc2OC(F)F)C1. The number of nitrogens with zero attached hydrogens (tertiary/aromatic N) is 1. The maximum absolute atomic E-state index is 13.3. The molecule has 1 atom stereocenters. The van der Waals surface area contributed by atoms with Crippen LogP contribution in [0.15, 0.2) is 18.2 Å². The number of likely N-dealkylation sites (tertiary alicyclic amines) is 1. The number of alkyl halides is 2. The van der Waals surface area contributed by atoms with Crippen LogP contribution in [0.3, 0.4) is 0 Å². The number of nitrogens with one attached hydrogen (secondary N) is 2. The summed E-state index contributed by atoms with van der Waals surface area (Å²) < 4.78 is 68.7. The smallest absolute Gasteiger partial charge is 0.387 e. The van der Waals surface area contributed by atoms with Gasteiger partial charge in [0, 0.05) is 31.7 Å². The van der Waals surface area contributed by atoms with Crippen molar-refractivity contribution in [3.05, 3.63) is 29.6 Å². The molecule has 1 unspecified atom stereocenters. The van der Waals surface area contributed by atoms with Crippen LogP contribution in [0.4, 0.5) is 18.0 Å². The van der Waals surface area contributed by atoms with Crippen molar-refractivity contribution in [1.82, 2.24) is 14.9 Å². The van der Waals surface area contributed by atoms with E-state index in [4.69, 9.17) is 0 Å². The van der Waals surface area contributed by atoms with Crippen LogP contribution in [0.5, 0.6) is 5.75 Å². The predicted molar refractivity (Wildman–Crippen MR) is 87.8 cm³/mol. The fourth-order valence-electron chi connectivity index (χ4n) is 2.66. The molecule has 0 aliphatic carbocycles. The first-order valence-corrected chi connectivity index (χ1v) is 9.52. The average molecular weight is 395 g/mol. The number of hydrogen-bond donors (Lipinski definition) is 2. The lowest BCUT2D eigenvalue weighted by Crippen LogP contribution is -2.41. The van der Waals surface area contributed by atoms with E-state index >= 15 is 0 Å². The van der Waals surface area contributed by atoms with E-state index in [9.17, 15) is 26.4 Å². The Morgan fingerprint density at radius 2 is 2.15 bits per heavy atom. The van der Waals surface area contributed by atoms with Gasteiger partial charge in [-0.25, -0.2) is 22.3 Å². The zero-order valence-electron chi connectivity index (χ0n) is 14.0. The van der Waals surface area contributed by atoms with E-state index in [1.165, 1.54) is 4.90 Å². The van der Waals surface area contributed by atoms with Crippen LogP contribution in [0.1, 0.15) is 18.9 Å². The molecule has 26 heavy (non-hydrogen) atoms. The minimum Gasteiger partial charge on any atom is -0.434 e. The van der Waals surface area contributed by atoms with Crippen molar-refractivity contribution in [1.29, 1.82) is 0 Å². The molecule has 2 amide bonds. The van der Waals surface area contributed by atoms with Gasteiger partial charge in [-0.1, -0.05) is 6.92 Å². The van der Waals surface area contributed by atoms with E-state index in [1.54, 1.807) is 6.92 Å². The molecule has 0 bridgehead atoms. The highest BCUT2D eigenvalue weighted by atomic mass is 32.2. The lowest BCUT2D eigenvalue weighted by Gasteiger charge is -2.18. The summed E-state index contributed by atoms with van der Waals surface area (Å²) >= 11 is 0. The zero-order chi connectivity index (χ0) is 19.3. The summed E-state index contributed by atoms with van der Waals surface area (Å²) in [6, 6.07) is 2.45. The third-order valence-electron chi connectivity index (χ3n) is 3.89. The molecular weight excluding hydrogens is 375 g/mol. The minimum absolute atomic E-state index is 0.0186. The molecule has 1 aliphatic heterocycles. The number of urea groups is 1. The number of halogens is 3. The van der Waals surface area contributed by atoms with Crippen molar-refractivity contribution < 1.29 is 31.1 Å². The van der Waals surface area contributed by atoms with E-state index in [0.717, 1.165) is 18.2 Å². The molecule has 11 heteroatoms. The first-order valence-electron chi connectivity index (χ1n) is 7.97. The van der Waals surface area contributed by atoms with Crippen LogP contribution < -0.4 is 14.8 Å². The van der Waals surface area contributed by atoms with Gasteiger partial charge in [-0.2, -0.15) is 8.78 Å². The first kappa shape index (κ1) is 20.3. The number of amides is 2. The van der Waals surface area contributed by atoms with Gasteiger partial charge in [-0.3, -0.25) is 0 Å². The summed E-state index contributed by atoms with van der Waals surface area (Å²) in [5.74, 6) is -0.899. The van der Waals surface area contributed by atoms with Gasteiger partial charge < -0.3 is 15.0 Å². The molecule has 1 aromatic carbocycles. The molecule has 1 heterocycles. The van der Waals surface area contributed by atoms with Crippen LogP contribution >= 0.6 is 0 Å². The quantitative estimate of drug-likeness (QED) is 0.735. The van der Waals surface area contributed by atoms with Crippen molar-refractivity contribution in [2.24, 2.45) is 0 Å². The molecule has 1 fully saturated rings. The van der Waals surface area contributed by atoms with E-state index < -0.39 is 33.7 Å². The highest BCUT2D eigenvalue weighted by Gasteiger charge is 2.34. The largest absolute Gasteiger partial charge is 0.434 e. The van der Waals surface area contributed by atoms with Crippen molar-refractivity contribution in [2.75, 3.05) is 19.6 Å². The van der Waals surface area contributed by atoms with Crippen molar-refractivity contribution in [3.63, 3.8) is 0 Å². The fourth-order valence-corrected chi connectivity index (χ4v) is 4.09. The molecule has 1 aromatic rings. The van der Waals surface area contributed by atoms with Gasteiger partial charge in [-0.15, -0.1) is 0 Å². The van der Waals surface area contributed by atoms with Crippen LogP contribution in [0.25, 0.3) is 0 Å². The van der Waals surface area contributed by atoms with Gasteiger partial charge in [0.25, 0.3) is 0 Å². The Morgan fingerprint density at radius 3 is 2.81 bits per heavy atom. The second-order valence-corrected chi connectivity index (χ2v) is 7.73. The topological polar surface area (TPSA) is 87.7 Å². The molecule has 146 valence electrons. The van der Waals surface area contributed by atoms with E-state index in [-0.39, 0.29) is 37.5 Å². The van der Waals surface area contributed by atoms with Crippen LogP contribution in [-0.2, 0) is 16.6 Å². The number of hydrogen-bond acceptors (Lipinski definition) is 4. The molecule has 2 rings (SSSR count). The van der Waals surface area contributed by atoms with Gasteiger partial charge in [0.1, 0.15) is 11.6 Å². The van der Waals surface area contributed by atoms with E-state index in [1.807, 2.05) is 0 Å². The Hall–Kier alpha value is -2.01. The summed E-state index contributed by atoms with van der Waals surface area (Å²) in [4.78, 5) is 13.5. The number of carbonyl (C=O) groups excluding carboxylic acids is 1. The Balaban J connectivity index is 1.96. The van der Waals surface area contributed by atoms with Crippen LogP contribution in [-0.4, -0.2) is 50.8 Å². The van der Waals surface area contributed by atoms with Gasteiger partial charge >= 0.3 is 12.6 Å². The van der Waals surface area contributed by atoms with Gasteiger partial charge in [0.05, 0.1) is 5.25 Å². The molecule has 0 aromatic heterocycles. The molecule has 0 radical (unpaired) electrons. The highest BCUT2D eigenvalue weighted by molar-refractivity contribution is 7.90. The Kier molecular flexibility index (Phi) is 6.70. The molecule has 1 saturated heterocycles. The number of ether oxygens (including phenoxy) is 1. The summed E-state index contributed by atoms with van der Waals surface area (Å²) in [6.45, 7) is -1.13. The van der Waals surface area contributed by atoms with Gasteiger partial charge in [-0.05, 0) is 24.6 Å². The minimum atomic E-state index is -3.49. The van der Waals surface area contributed by atoms with Gasteiger partial charge in [0.15, 0.2) is 0 Å². The van der Waals surface area contributed by atoms with Gasteiger partial charge in [0.2, 0.25) is 10.0 Å². The maximum Gasteiger partial charge on any atom is 0.387 e. The Labute approximate surface area is 149 Å². The molecule has 1 aliphatic rings. The van der Waals surface area contributed by atoms with Crippen LogP contribution in [0, 0.1) is 5.82 Å². The molecular formula is C15H20F3N3O4S. The predicted octanol–water partition coefficient (Wildman–Crippen LogP) is 1.65. The maximum atomic E-state index is 13.3. The summed E-state index contributed by atoms with van der Waals surface area (Å²) in [6.07, 6.45) is 0.294. The summed E-state index contributed by atoms with van der Waals surface area (Å²) in [5.41, 5.74) is 0.0506. The first-order chi connectivity index (χ1) is 12.2. The Morgan fingerprint density at radius 1 is 1.42 bits per heavy atom. The lowest BCUT2D eigenvalue weighted by molar-refractivity contribution is -0.0505. The highest BCUT2D eigenvalue weighted by Crippen LogP contribution is 2.22. The monoisotopic (exact) mass is 395 g/mol. The standard InChI is InChI=1S/C15H20F3N3O4S/c1-2-20-26(23,24)12-5-6-21(9-12)15(22)19-8-10-7-11(16)3-4-13(10)25-14(17)18/h3-4,7,12,14,20H,2,5-6,8-9H2,1H3,(H,19,22). The van der Waals surface area contributed by atoms with Crippen molar-refractivity contribution in [3.8, 4) is 5.75 Å². The van der Waals surface area contributed by atoms with Crippen molar-refractivity contribution in [2.45, 2.75) is 31.8 Å². The van der Waals surface area contributed by atoms with E-state index in [2.05, 4.69) is 14.8 Å². The molecule has 0 saturated carbocycles. The third kappa shape index (κ3) is 5.24. The molecule has 2 N–H and O–H groups in total. The van der Waals surface area contributed by atoms with E-state index in [0.29, 0.717) is 6.42 Å². The van der Waals surface area contributed by atoms with Crippen molar-refractivity contribution >= 4 is 16.1 Å². The summed E-state index contributed by atoms with van der Waals surface area (Å²) in [7, 11) is -3.49. The second kappa shape index (κ2) is 8.58. The zero-order valence-corrected chi connectivity index (χ0v) is 14.9. The molecule has 7 nitrogen and oxygen atoms in total. The number of benzene rings is 1. The van der Waals surface area contributed by atoms with Crippen LogP contribution in [0.2, 0.25) is 0 Å². The number of rotatable bonds is 7. The number of sulfonamides is 1. The normalized spacial score (nSPS) is 17.6. The summed E-state index contributed by atoms with van der Waals surface area (Å²) in [5, 5.41) is 1.76. The third-order valence-corrected chi connectivity index (χ3v) is 5.84. The average Bonchev–Trinajstić information content (AvgIpc) is 3.05. The number of carbonyl (C=O) groups is 1.